The van der Waals surface area contributed by atoms with Crippen LogP contribution in [0, 0.1) is 11.7 Å². The van der Waals surface area contributed by atoms with Crippen molar-refractivity contribution in [3.8, 4) is 0 Å². The molecule has 0 aromatic heterocycles. The first-order chi connectivity index (χ1) is 8.65. The van der Waals surface area contributed by atoms with Gasteiger partial charge in [0.2, 0.25) is 0 Å². The first-order valence-electron chi connectivity index (χ1n) is 6.48. The Labute approximate surface area is 116 Å². The second-order valence-electron chi connectivity index (χ2n) is 5.05. The van der Waals surface area contributed by atoms with Gasteiger partial charge in [-0.05, 0) is 71.8 Å². The van der Waals surface area contributed by atoms with Crippen LogP contribution in [0.5, 0.6) is 0 Å². The lowest BCUT2D eigenvalue weighted by Gasteiger charge is -2.25. The standard InChI is InChI=1S/C14H19BrFNO/c15-13-6-3-11(7-14(13)16)9-17-8-10-1-4-12(18)5-2-10/h3,6-7,10,12,17-18H,1-2,4-5,8-9H2. The monoisotopic (exact) mass is 315 g/mol. The van der Waals surface area contributed by atoms with Crippen molar-refractivity contribution in [2.45, 2.75) is 38.3 Å². The Balaban J connectivity index is 1.73. The van der Waals surface area contributed by atoms with E-state index in [1.54, 1.807) is 12.1 Å². The topological polar surface area (TPSA) is 32.3 Å². The third kappa shape index (κ3) is 4.04. The summed E-state index contributed by atoms with van der Waals surface area (Å²) in [6.45, 7) is 1.65. The fourth-order valence-electron chi connectivity index (χ4n) is 2.42. The first kappa shape index (κ1) is 14.0. The molecule has 4 heteroatoms. The Morgan fingerprint density at radius 2 is 2.00 bits per heavy atom. The van der Waals surface area contributed by atoms with Gasteiger partial charge in [0.15, 0.2) is 0 Å². The largest absolute Gasteiger partial charge is 0.393 e. The summed E-state index contributed by atoms with van der Waals surface area (Å²) in [7, 11) is 0. The summed E-state index contributed by atoms with van der Waals surface area (Å²) in [5, 5.41) is 12.8. The normalized spacial score (nSPS) is 24.2. The number of hydrogen-bond donors (Lipinski definition) is 2. The number of nitrogens with one attached hydrogen (secondary N) is 1. The highest BCUT2D eigenvalue weighted by Gasteiger charge is 2.18. The molecule has 0 radical (unpaired) electrons. The summed E-state index contributed by atoms with van der Waals surface area (Å²) in [5.41, 5.74) is 0.964. The van der Waals surface area contributed by atoms with Crippen molar-refractivity contribution in [2.75, 3.05) is 6.54 Å². The fourth-order valence-corrected chi connectivity index (χ4v) is 2.67. The number of rotatable bonds is 4. The number of halogens is 2. The van der Waals surface area contributed by atoms with Crippen molar-refractivity contribution in [2.24, 2.45) is 5.92 Å². The summed E-state index contributed by atoms with van der Waals surface area (Å²) in [4.78, 5) is 0. The second-order valence-corrected chi connectivity index (χ2v) is 5.91. The Kier molecular flexibility index (Phi) is 5.15. The SMILES string of the molecule is OC1CCC(CNCc2ccc(Br)c(F)c2)CC1. The van der Waals surface area contributed by atoms with Crippen LogP contribution in [0.2, 0.25) is 0 Å². The Morgan fingerprint density at radius 1 is 1.28 bits per heavy atom. The van der Waals surface area contributed by atoms with Crippen LogP contribution >= 0.6 is 15.9 Å². The average molecular weight is 316 g/mol. The van der Waals surface area contributed by atoms with Crippen LogP contribution in [-0.2, 0) is 6.54 Å². The molecule has 0 spiro atoms. The van der Waals surface area contributed by atoms with Gasteiger partial charge in [0.1, 0.15) is 5.82 Å². The van der Waals surface area contributed by atoms with Gasteiger partial charge < -0.3 is 10.4 Å². The third-order valence-corrected chi connectivity index (χ3v) is 4.21. The predicted molar refractivity (Wildman–Crippen MR) is 73.8 cm³/mol. The maximum Gasteiger partial charge on any atom is 0.137 e. The van der Waals surface area contributed by atoms with Gasteiger partial charge in [-0.15, -0.1) is 0 Å². The van der Waals surface area contributed by atoms with Crippen LogP contribution in [0.15, 0.2) is 22.7 Å². The Bertz CT molecular complexity index is 391. The molecule has 1 saturated carbocycles. The maximum absolute atomic E-state index is 13.3. The lowest BCUT2D eigenvalue weighted by molar-refractivity contribution is 0.108. The van der Waals surface area contributed by atoms with E-state index < -0.39 is 0 Å². The predicted octanol–water partition coefficient (Wildman–Crippen LogP) is 3.23. The van der Waals surface area contributed by atoms with E-state index in [0.29, 0.717) is 16.9 Å². The maximum atomic E-state index is 13.3. The molecule has 0 amide bonds. The van der Waals surface area contributed by atoms with Gasteiger partial charge in [-0.25, -0.2) is 4.39 Å². The van der Waals surface area contributed by atoms with Gasteiger partial charge in [-0.2, -0.15) is 0 Å². The molecule has 2 N–H and O–H groups in total. The van der Waals surface area contributed by atoms with E-state index in [1.807, 2.05) is 6.07 Å². The smallest absolute Gasteiger partial charge is 0.137 e. The Morgan fingerprint density at radius 3 is 2.67 bits per heavy atom. The highest BCUT2D eigenvalue weighted by Crippen LogP contribution is 2.23. The fraction of sp³-hybridized carbons (Fsp3) is 0.571. The van der Waals surface area contributed by atoms with Crippen LogP contribution in [0.1, 0.15) is 31.2 Å². The minimum atomic E-state index is -0.213. The molecule has 0 unspecified atom stereocenters. The lowest BCUT2D eigenvalue weighted by atomic mass is 9.87. The van der Waals surface area contributed by atoms with E-state index in [0.717, 1.165) is 37.8 Å². The molecular formula is C14H19BrFNO. The van der Waals surface area contributed by atoms with Gasteiger partial charge in [-0.3, -0.25) is 0 Å². The number of hydrogen-bond acceptors (Lipinski definition) is 2. The highest BCUT2D eigenvalue weighted by molar-refractivity contribution is 9.10. The van der Waals surface area contributed by atoms with Crippen LogP contribution in [-0.4, -0.2) is 17.8 Å². The molecule has 1 aliphatic carbocycles. The summed E-state index contributed by atoms with van der Waals surface area (Å²) in [5.74, 6) is 0.434. The quantitative estimate of drug-likeness (QED) is 0.894. The number of benzene rings is 1. The molecule has 2 nitrogen and oxygen atoms in total. The first-order valence-corrected chi connectivity index (χ1v) is 7.27. The zero-order valence-electron chi connectivity index (χ0n) is 10.3. The van der Waals surface area contributed by atoms with Crippen molar-refractivity contribution in [1.29, 1.82) is 0 Å². The van der Waals surface area contributed by atoms with Crippen molar-refractivity contribution < 1.29 is 9.50 Å². The van der Waals surface area contributed by atoms with Gasteiger partial charge >= 0.3 is 0 Å². The molecule has 100 valence electrons. The number of aliphatic hydroxyl groups is 1. The average Bonchev–Trinajstić information content (AvgIpc) is 2.36. The van der Waals surface area contributed by atoms with E-state index in [1.165, 1.54) is 0 Å². The van der Waals surface area contributed by atoms with E-state index in [4.69, 9.17) is 0 Å². The highest BCUT2D eigenvalue weighted by atomic mass is 79.9. The van der Waals surface area contributed by atoms with Gasteiger partial charge in [0, 0.05) is 6.54 Å². The zero-order valence-corrected chi connectivity index (χ0v) is 11.9. The van der Waals surface area contributed by atoms with Crippen molar-refractivity contribution in [3.05, 3.63) is 34.1 Å². The second kappa shape index (κ2) is 6.64. The van der Waals surface area contributed by atoms with Crippen LogP contribution in [0.3, 0.4) is 0 Å². The van der Waals surface area contributed by atoms with E-state index in [2.05, 4.69) is 21.2 Å². The van der Waals surface area contributed by atoms with Gasteiger partial charge in [0.25, 0.3) is 0 Å². The molecule has 0 heterocycles. The molecule has 0 bridgehead atoms. The molecule has 0 aliphatic heterocycles. The summed E-state index contributed by atoms with van der Waals surface area (Å²) in [6.07, 6.45) is 3.91. The summed E-state index contributed by atoms with van der Waals surface area (Å²) in [6, 6.07) is 5.22. The van der Waals surface area contributed by atoms with Crippen LogP contribution in [0.4, 0.5) is 4.39 Å². The minimum Gasteiger partial charge on any atom is -0.393 e. The molecule has 18 heavy (non-hydrogen) atoms. The summed E-state index contributed by atoms with van der Waals surface area (Å²) >= 11 is 3.15. The molecule has 1 aliphatic rings. The molecular weight excluding hydrogens is 297 g/mol. The lowest BCUT2D eigenvalue weighted by Crippen LogP contribution is -2.27. The third-order valence-electron chi connectivity index (χ3n) is 3.56. The number of aliphatic hydroxyl groups excluding tert-OH is 1. The van der Waals surface area contributed by atoms with Gasteiger partial charge in [0.05, 0.1) is 10.6 Å². The van der Waals surface area contributed by atoms with Gasteiger partial charge in [-0.1, -0.05) is 6.07 Å². The minimum absolute atomic E-state index is 0.0955. The van der Waals surface area contributed by atoms with E-state index in [-0.39, 0.29) is 11.9 Å². The van der Waals surface area contributed by atoms with Crippen LogP contribution < -0.4 is 5.32 Å². The van der Waals surface area contributed by atoms with Crippen LogP contribution in [0.25, 0.3) is 0 Å². The van der Waals surface area contributed by atoms with Crippen molar-refractivity contribution in [3.63, 3.8) is 0 Å². The molecule has 0 saturated heterocycles. The molecule has 1 aromatic rings. The van der Waals surface area contributed by atoms with E-state index in [9.17, 15) is 9.50 Å². The van der Waals surface area contributed by atoms with E-state index >= 15 is 0 Å². The summed E-state index contributed by atoms with van der Waals surface area (Å²) < 4.78 is 13.8. The molecule has 1 aromatic carbocycles. The van der Waals surface area contributed by atoms with Crippen molar-refractivity contribution in [1.82, 2.24) is 5.32 Å². The zero-order chi connectivity index (χ0) is 13.0. The molecule has 1 fully saturated rings. The Hall–Kier alpha value is -0.450. The molecule has 2 rings (SSSR count). The van der Waals surface area contributed by atoms with Crippen molar-refractivity contribution >= 4 is 15.9 Å². The molecule has 0 atom stereocenters.